The van der Waals surface area contributed by atoms with E-state index in [0.717, 1.165) is 4.88 Å². The fraction of sp³-hybridized carbons (Fsp3) is 0.200. The Bertz CT molecular complexity index is 197. The second kappa shape index (κ2) is 2.52. The van der Waals surface area contributed by atoms with E-state index in [1.54, 1.807) is 11.4 Å². The van der Waals surface area contributed by atoms with Gasteiger partial charge in [0.15, 0.2) is 0 Å². The lowest BCUT2D eigenvalue weighted by Crippen LogP contribution is -2.27. The Hall–Kier alpha value is -0.315. The van der Waals surface area contributed by atoms with Crippen molar-refractivity contribution < 1.29 is 10.0 Å². The Kier molecular flexibility index (Phi) is 1.90. The summed E-state index contributed by atoms with van der Waals surface area (Å²) < 4.78 is 0. The van der Waals surface area contributed by atoms with Crippen LogP contribution in [0.5, 0.6) is 0 Å². The highest BCUT2D eigenvalue weighted by atomic mass is 32.1. The van der Waals surface area contributed by atoms with Crippen LogP contribution in [0.2, 0.25) is 0 Å². The third-order valence-electron chi connectivity index (χ3n) is 1.05. The predicted octanol–water partition coefficient (Wildman–Crippen LogP) is -0.264. The van der Waals surface area contributed by atoms with Crippen LogP contribution < -0.4 is 5.46 Å². The lowest BCUT2D eigenvalue weighted by atomic mass is 9.83. The van der Waals surface area contributed by atoms with Crippen LogP contribution in [0.15, 0.2) is 11.4 Å². The maximum Gasteiger partial charge on any atom is 0.489 e. The van der Waals surface area contributed by atoms with E-state index in [9.17, 15) is 0 Å². The topological polar surface area (TPSA) is 40.5 Å². The molecule has 0 bridgehead atoms. The molecule has 0 spiro atoms. The molecular weight excluding hydrogens is 135 g/mol. The Morgan fingerprint density at radius 2 is 2.22 bits per heavy atom. The number of rotatable bonds is 1. The normalized spacial score (nSPS) is 9.67. The van der Waals surface area contributed by atoms with Crippen molar-refractivity contribution in [3.8, 4) is 0 Å². The molecule has 2 nitrogen and oxygen atoms in total. The quantitative estimate of drug-likeness (QED) is 0.530. The van der Waals surface area contributed by atoms with E-state index in [-0.39, 0.29) is 0 Å². The summed E-state index contributed by atoms with van der Waals surface area (Å²) in [6.07, 6.45) is 0. The molecule has 0 aliphatic carbocycles. The van der Waals surface area contributed by atoms with Crippen molar-refractivity contribution in [2.45, 2.75) is 6.92 Å². The summed E-state index contributed by atoms with van der Waals surface area (Å²) in [5, 5.41) is 18.9. The summed E-state index contributed by atoms with van der Waals surface area (Å²) in [6, 6.07) is 1.76. The third kappa shape index (κ3) is 1.54. The SMILES string of the molecule is Cc1cc(B(O)O)cs1. The largest absolute Gasteiger partial charge is 0.489 e. The van der Waals surface area contributed by atoms with Gasteiger partial charge in [-0.05, 0) is 23.8 Å². The van der Waals surface area contributed by atoms with Gasteiger partial charge in [0, 0.05) is 4.88 Å². The van der Waals surface area contributed by atoms with Crippen LogP contribution in [-0.2, 0) is 0 Å². The minimum Gasteiger partial charge on any atom is -0.423 e. The summed E-state index contributed by atoms with van der Waals surface area (Å²) in [6.45, 7) is 1.93. The molecule has 48 valence electrons. The van der Waals surface area contributed by atoms with Crippen LogP contribution in [0, 0.1) is 6.92 Å². The molecule has 0 saturated carbocycles. The van der Waals surface area contributed by atoms with E-state index in [4.69, 9.17) is 10.0 Å². The van der Waals surface area contributed by atoms with Crippen molar-refractivity contribution in [3.63, 3.8) is 0 Å². The van der Waals surface area contributed by atoms with E-state index in [1.807, 2.05) is 6.92 Å². The zero-order valence-corrected chi connectivity index (χ0v) is 5.85. The molecule has 0 aliphatic rings. The van der Waals surface area contributed by atoms with Gasteiger partial charge < -0.3 is 10.0 Å². The number of hydrogen-bond donors (Lipinski definition) is 2. The fourth-order valence-corrected chi connectivity index (χ4v) is 1.31. The molecule has 0 radical (unpaired) electrons. The molecule has 0 aliphatic heterocycles. The van der Waals surface area contributed by atoms with Crippen molar-refractivity contribution >= 4 is 23.9 Å². The minimum absolute atomic E-state index is 0.581. The number of aryl methyl sites for hydroxylation is 1. The molecule has 2 N–H and O–H groups in total. The zero-order valence-electron chi connectivity index (χ0n) is 5.03. The van der Waals surface area contributed by atoms with Gasteiger partial charge in [-0.15, -0.1) is 11.3 Å². The maximum atomic E-state index is 8.60. The molecule has 0 amide bonds. The van der Waals surface area contributed by atoms with E-state index < -0.39 is 7.12 Å². The molecule has 0 unspecified atom stereocenters. The lowest BCUT2D eigenvalue weighted by Gasteiger charge is -1.88. The standard InChI is InChI=1S/C5H7BO2S/c1-4-2-5(3-9-4)6(7)8/h2-3,7-8H,1H3. The molecule has 1 aromatic rings. The molecule has 1 rings (SSSR count). The Morgan fingerprint density at radius 3 is 2.44 bits per heavy atom. The molecule has 0 fully saturated rings. The summed E-state index contributed by atoms with van der Waals surface area (Å²) in [7, 11) is -1.31. The van der Waals surface area contributed by atoms with E-state index in [1.165, 1.54) is 11.3 Å². The highest BCUT2D eigenvalue weighted by molar-refractivity contribution is 7.11. The predicted molar refractivity (Wildman–Crippen MR) is 38.9 cm³/mol. The van der Waals surface area contributed by atoms with Gasteiger partial charge >= 0.3 is 7.12 Å². The van der Waals surface area contributed by atoms with Crippen LogP contribution in [0.3, 0.4) is 0 Å². The summed E-state index contributed by atoms with van der Waals surface area (Å²) in [5.74, 6) is 0. The average molecular weight is 142 g/mol. The highest BCUT2D eigenvalue weighted by Crippen LogP contribution is 2.03. The average Bonchev–Trinajstić information content (AvgIpc) is 2.14. The smallest absolute Gasteiger partial charge is 0.423 e. The molecule has 0 saturated heterocycles. The first-order valence-corrected chi connectivity index (χ1v) is 3.49. The van der Waals surface area contributed by atoms with Gasteiger partial charge in [-0.2, -0.15) is 0 Å². The first-order valence-electron chi connectivity index (χ1n) is 2.61. The Morgan fingerprint density at radius 1 is 1.56 bits per heavy atom. The van der Waals surface area contributed by atoms with Gasteiger partial charge in [-0.3, -0.25) is 0 Å². The van der Waals surface area contributed by atoms with Gasteiger partial charge in [-0.1, -0.05) is 0 Å². The van der Waals surface area contributed by atoms with Gasteiger partial charge in [0.25, 0.3) is 0 Å². The molecule has 0 atom stereocenters. The van der Waals surface area contributed by atoms with Crippen molar-refractivity contribution in [1.82, 2.24) is 0 Å². The highest BCUT2D eigenvalue weighted by Gasteiger charge is 2.10. The van der Waals surface area contributed by atoms with Crippen LogP contribution in [-0.4, -0.2) is 17.2 Å². The monoisotopic (exact) mass is 142 g/mol. The van der Waals surface area contributed by atoms with Crippen molar-refractivity contribution in [2.24, 2.45) is 0 Å². The number of hydrogen-bond acceptors (Lipinski definition) is 3. The minimum atomic E-state index is -1.31. The van der Waals surface area contributed by atoms with Gasteiger partial charge in [-0.25, -0.2) is 0 Å². The third-order valence-corrected chi connectivity index (χ3v) is 1.93. The first-order chi connectivity index (χ1) is 4.20. The van der Waals surface area contributed by atoms with Crippen molar-refractivity contribution in [3.05, 3.63) is 16.3 Å². The number of thiophene rings is 1. The van der Waals surface area contributed by atoms with Gasteiger partial charge in [0.1, 0.15) is 0 Å². The molecule has 1 aromatic heterocycles. The Balaban J connectivity index is 2.85. The summed E-state index contributed by atoms with van der Waals surface area (Å²) in [5.41, 5.74) is 0.581. The van der Waals surface area contributed by atoms with Crippen LogP contribution >= 0.6 is 11.3 Å². The van der Waals surface area contributed by atoms with Crippen LogP contribution in [0.1, 0.15) is 4.88 Å². The lowest BCUT2D eigenvalue weighted by molar-refractivity contribution is 0.426. The van der Waals surface area contributed by atoms with E-state index >= 15 is 0 Å². The summed E-state index contributed by atoms with van der Waals surface area (Å²) in [4.78, 5) is 1.10. The second-order valence-corrected chi connectivity index (χ2v) is 2.98. The van der Waals surface area contributed by atoms with Crippen LogP contribution in [0.4, 0.5) is 0 Å². The summed E-state index contributed by atoms with van der Waals surface area (Å²) >= 11 is 1.51. The van der Waals surface area contributed by atoms with Gasteiger partial charge in [0.05, 0.1) is 0 Å². The van der Waals surface area contributed by atoms with Crippen molar-refractivity contribution in [1.29, 1.82) is 0 Å². The second-order valence-electron chi connectivity index (χ2n) is 1.86. The maximum absolute atomic E-state index is 8.60. The molecule has 1 heterocycles. The van der Waals surface area contributed by atoms with Crippen LogP contribution in [0.25, 0.3) is 0 Å². The Labute approximate surface area is 57.9 Å². The zero-order chi connectivity index (χ0) is 6.85. The first kappa shape index (κ1) is 6.80. The molecule has 9 heavy (non-hydrogen) atoms. The van der Waals surface area contributed by atoms with Gasteiger partial charge in [0.2, 0.25) is 0 Å². The molecular formula is C5H7BO2S. The van der Waals surface area contributed by atoms with E-state index in [0.29, 0.717) is 5.46 Å². The van der Waals surface area contributed by atoms with E-state index in [2.05, 4.69) is 0 Å². The molecule has 4 heteroatoms. The fourth-order valence-electron chi connectivity index (χ4n) is 0.599. The molecule has 0 aromatic carbocycles. The van der Waals surface area contributed by atoms with Crippen molar-refractivity contribution in [2.75, 3.05) is 0 Å².